The molecule has 1 N–H and O–H groups in total. The van der Waals surface area contributed by atoms with Gasteiger partial charge in [0.25, 0.3) is 0 Å². The summed E-state index contributed by atoms with van der Waals surface area (Å²) in [4.78, 5) is 0. The molecule has 17 heavy (non-hydrogen) atoms. The Hall–Kier alpha value is -0.760. The molecule has 2 unspecified atom stereocenters. The minimum absolute atomic E-state index is 0.158. The van der Waals surface area contributed by atoms with E-state index in [2.05, 4.69) is 0 Å². The molecule has 98 valence electrons. The highest BCUT2D eigenvalue weighted by Crippen LogP contribution is 2.56. The van der Waals surface area contributed by atoms with Gasteiger partial charge in [0.2, 0.25) is 0 Å². The largest absolute Gasteiger partial charge is 0.415 e. The highest BCUT2D eigenvalue weighted by atomic mass is 19.4. The second kappa shape index (κ2) is 3.38. The van der Waals surface area contributed by atoms with Crippen molar-refractivity contribution in [3.05, 3.63) is 11.1 Å². The number of hydrogen-bond acceptors (Lipinski definition) is 2. The minimum atomic E-state index is -5.15. The molecule has 2 atom stereocenters. The second-order valence-electron chi connectivity index (χ2n) is 4.08. The highest BCUT2D eigenvalue weighted by molar-refractivity contribution is 5.42. The molecule has 2 nitrogen and oxygen atoms in total. The Morgan fingerprint density at radius 3 is 2.18 bits per heavy atom. The Balaban J connectivity index is 2.61. The molecule has 2 aliphatic rings. The van der Waals surface area contributed by atoms with Crippen molar-refractivity contribution in [1.82, 2.24) is 0 Å². The van der Waals surface area contributed by atoms with Crippen LogP contribution < -0.4 is 0 Å². The average molecular weight is 262 g/mol. The van der Waals surface area contributed by atoms with Crippen molar-refractivity contribution in [3.63, 3.8) is 0 Å². The molecule has 8 heteroatoms. The van der Waals surface area contributed by atoms with Crippen LogP contribution in [0.25, 0.3) is 0 Å². The van der Waals surface area contributed by atoms with Crippen LogP contribution in [0.4, 0.5) is 26.3 Å². The molecule has 2 heterocycles. The van der Waals surface area contributed by atoms with Gasteiger partial charge in [-0.25, -0.2) is 0 Å². The quantitative estimate of drug-likeness (QED) is 0.580. The maximum absolute atomic E-state index is 12.7. The van der Waals surface area contributed by atoms with Crippen molar-refractivity contribution in [2.24, 2.45) is 0 Å². The van der Waals surface area contributed by atoms with E-state index in [1.165, 1.54) is 0 Å². The first-order valence-corrected chi connectivity index (χ1v) is 4.79. The van der Waals surface area contributed by atoms with Gasteiger partial charge in [0.15, 0.2) is 0 Å². The van der Waals surface area contributed by atoms with Crippen molar-refractivity contribution in [2.75, 3.05) is 6.61 Å². The third-order valence-corrected chi connectivity index (χ3v) is 3.07. The molecule has 0 aromatic carbocycles. The maximum Gasteiger partial charge on any atom is 0.415 e. The summed E-state index contributed by atoms with van der Waals surface area (Å²) in [6, 6.07) is 0. The third-order valence-electron chi connectivity index (χ3n) is 3.07. The van der Waals surface area contributed by atoms with Gasteiger partial charge in [0.05, 0.1) is 23.9 Å². The van der Waals surface area contributed by atoms with Crippen molar-refractivity contribution in [1.29, 1.82) is 0 Å². The van der Waals surface area contributed by atoms with Gasteiger partial charge in [0.1, 0.15) is 5.60 Å². The van der Waals surface area contributed by atoms with Gasteiger partial charge in [-0.3, -0.25) is 0 Å². The lowest BCUT2D eigenvalue weighted by Gasteiger charge is -2.28. The normalized spacial score (nSPS) is 33.7. The van der Waals surface area contributed by atoms with E-state index in [1.54, 1.807) is 0 Å². The number of rotatable bonds is 1. The van der Waals surface area contributed by atoms with E-state index >= 15 is 0 Å². The molecule has 0 aromatic rings. The van der Waals surface area contributed by atoms with Gasteiger partial charge in [-0.1, -0.05) is 0 Å². The molecule has 0 saturated carbocycles. The number of fused-ring (bicyclic) bond motifs is 2. The lowest BCUT2D eigenvalue weighted by molar-refractivity contribution is -0.128. The van der Waals surface area contributed by atoms with Crippen LogP contribution in [0.5, 0.6) is 0 Å². The van der Waals surface area contributed by atoms with E-state index in [-0.39, 0.29) is 12.8 Å². The fourth-order valence-corrected chi connectivity index (χ4v) is 2.48. The molecular weight excluding hydrogens is 254 g/mol. The fraction of sp³-hybridized carbons (Fsp3) is 0.778. The summed E-state index contributed by atoms with van der Waals surface area (Å²) in [6.07, 6.45) is -12.3. The Morgan fingerprint density at radius 1 is 1.18 bits per heavy atom. The van der Waals surface area contributed by atoms with E-state index in [0.29, 0.717) is 0 Å². The number of ether oxygens (including phenoxy) is 1. The zero-order valence-electron chi connectivity index (χ0n) is 8.32. The number of aliphatic hydroxyl groups excluding tert-OH is 1. The molecule has 0 spiro atoms. The summed E-state index contributed by atoms with van der Waals surface area (Å²) in [5, 5.41) is 8.93. The summed E-state index contributed by atoms with van der Waals surface area (Å²) in [5.74, 6) is 0. The van der Waals surface area contributed by atoms with Crippen LogP contribution in [-0.2, 0) is 4.74 Å². The van der Waals surface area contributed by atoms with Gasteiger partial charge in [0, 0.05) is 0 Å². The molecule has 0 radical (unpaired) electrons. The first-order valence-electron chi connectivity index (χ1n) is 4.79. The minimum Gasteiger partial charge on any atom is -0.393 e. The predicted octanol–water partition coefficient (Wildman–Crippen LogP) is 2.33. The standard InChI is InChI=1S/C9H8F6O2/c10-8(11,12)5-4-1-2-7(3-16,17-4)6(5)9(13,14)15/h4,16H,1-3H2. The molecule has 2 aliphatic heterocycles. The van der Waals surface area contributed by atoms with E-state index < -0.39 is 41.8 Å². The zero-order chi connectivity index (χ0) is 13.1. The lowest BCUT2D eigenvalue weighted by atomic mass is 9.82. The van der Waals surface area contributed by atoms with Crippen LogP contribution in [0.1, 0.15) is 12.8 Å². The van der Waals surface area contributed by atoms with Gasteiger partial charge in [-0.15, -0.1) is 0 Å². The Bertz CT molecular complexity index is 369. The van der Waals surface area contributed by atoms with Crippen molar-refractivity contribution in [3.8, 4) is 0 Å². The smallest absolute Gasteiger partial charge is 0.393 e. The van der Waals surface area contributed by atoms with Gasteiger partial charge < -0.3 is 9.84 Å². The lowest BCUT2D eigenvalue weighted by Crippen LogP contribution is -2.40. The molecule has 2 bridgehead atoms. The van der Waals surface area contributed by atoms with Gasteiger partial charge >= 0.3 is 12.4 Å². The molecule has 2 rings (SSSR count). The van der Waals surface area contributed by atoms with Gasteiger partial charge in [-0.05, 0) is 12.8 Å². The number of aliphatic hydroxyl groups is 1. The molecule has 1 fully saturated rings. The van der Waals surface area contributed by atoms with E-state index in [0.717, 1.165) is 0 Å². The van der Waals surface area contributed by atoms with Crippen LogP contribution in [0, 0.1) is 0 Å². The highest BCUT2D eigenvalue weighted by Gasteiger charge is 2.65. The first-order chi connectivity index (χ1) is 7.62. The van der Waals surface area contributed by atoms with Crippen LogP contribution in [0.2, 0.25) is 0 Å². The Morgan fingerprint density at radius 2 is 1.76 bits per heavy atom. The van der Waals surface area contributed by atoms with E-state index in [4.69, 9.17) is 9.84 Å². The number of alkyl halides is 6. The topological polar surface area (TPSA) is 29.5 Å². The zero-order valence-corrected chi connectivity index (χ0v) is 8.32. The molecular formula is C9H8F6O2. The number of hydrogen-bond donors (Lipinski definition) is 1. The van der Waals surface area contributed by atoms with E-state index in [1.807, 2.05) is 0 Å². The summed E-state index contributed by atoms with van der Waals surface area (Å²) in [5.41, 5.74) is -5.69. The molecule has 1 saturated heterocycles. The summed E-state index contributed by atoms with van der Waals surface area (Å²) in [7, 11) is 0. The van der Waals surface area contributed by atoms with Crippen molar-refractivity contribution in [2.45, 2.75) is 36.9 Å². The van der Waals surface area contributed by atoms with Crippen LogP contribution in [0.15, 0.2) is 11.1 Å². The average Bonchev–Trinajstić information content (AvgIpc) is 2.70. The van der Waals surface area contributed by atoms with Crippen molar-refractivity contribution < 1.29 is 36.2 Å². The summed E-state index contributed by atoms with van der Waals surface area (Å²) >= 11 is 0. The Labute approximate surface area is 91.9 Å². The summed E-state index contributed by atoms with van der Waals surface area (Å²) in [6.45, 7) is -1.10. The predicted molar refractivity (Wildman–Crippen MR) is 43.1 cm³/mol. The number of halogens is 6. The van der Waals surface area contributed by atoms with E-state index in [9.17, 15) is 26.3 Å². The van der Waals surface area contributed by atoms with Crippen LogP contribution in [0.3, 0.4) is 0 Å². The Kier molecular flexibility index (Phi) is 2.52. The SMILES string of the molecule is OCC12CCC(O1)C(C(F)(F)F)=C2C(F)(F)F. The third kappa shape index (κ3) is 1.74. The van der Waals surface area contributed by atoms with Crippen LogP contribution in [-0.4, -0.2) is 35.8 Å². The van der Waals surface area contributed by atoms with Crippen LogP contribution >= 0.6 is 0 Å². The fourth-order valence-electron chi connectivity index (χ4n) is 2.48. The molecule has 0 amide bonds. The van der Waals surface area contributed by atoms with Crippen molar-refractivity contribution >= 4 is 0 Å². The maximum atomic E-state index is 12.7. The first kappa shape index (κ1) is 12.7. The monoisotopic (exact) mass is 262 g/mol. The van der Waals surface area contributed by atoms with Gasteiger partial charge in [-0.2, -0.15) is 26.3 Å². The second-order valence-corrected chi connectivity index (χ2v) is 4.08. The molecule has 0 aromatic heterocycles. The summed E-state index contributed by atoms with van der Waals surface area (Å²) < 4.78 is 80.5. The molecule has 0 aliphatic carbocycles.